The van der Waals surface area contributed by atoms with Crippen LogP contribution in [0.2, 0.25) is 10.0 Å². The first kappa shape index (κ1) is 14.7. The second-order valence-electron chi connectivity index (χ2n) is 4.04. The second kappa shape index (κ2) is 6.14. The molecule has 100 valence electrons. The number of ether oxygens (including phenoxy) is 1. The Morgan fingerprint density at radius 1 is 1.16 bits per heavy atom. The molecule has 0 fully saturated rings. The summed E-state index contributed by atoms with van der Waals surface area (Å²) < 4.78 is 6.12. The van der Waals surface area contributed by atoms with Gasteiger partial charge in [-0.3, -0.25) is 0 Å². The van der Waals surface area contributed by atoms with Gasteiger partial charge in [0.15, 0.2) is 0 Å². The van der Waals surface area contributed by atoms with Crippen molar-refractivity contribution in [3.05, 3.63) is 62.0 Å². The Labute approximate surface area is 130 Å². The molecule has 2 aromatic carbocycles. The zero-order valence-electron chi connectivity index (χ0n) is 10.2. The standard InChI is InChI=1S/C14H12BrCl2NO/c1-19-13-6-8(2-5-12(13)17)14(18)10-7-9(16)3-4-11(10)15/h2-7,14H,18H2,1H3. The van der Waals surface area contributed by atoms with Crippen molar-refractivity contribution in [2.24, 2.45) is 5.73 Å². The summed E-state index contributed by atoms with van der Waals surface area (Å²) in [5.41, 5.74) is 8.09. The first-order valence-electron chi connectivity index (χ1n) is 5.57. The molecule has 2 rings (SSSR count). The topological polar surface area (TPSA) is 35.2 Å². The summed E-state index contributed by atoms with van der Waals surface area (Å²) in [5, 5.41) is 1.21. The van der Waals surface area contributed by atoms with Gasteiger partial charge in [-0.1, -0.05) is 45.2 Å². The molecular weight excluding hydrogens is 349 g/mol. The van der Waals surface area contributed by atoms with E-state index in [1.54, 1.807) is 13.2 Å². The SMILES string of the molecule is COc1cc(C(N)c2cc(Cl)ccc2Br)ccc1Cl. The minimum Gasteiger partial charge on any atom is -0.495 e. The number of halogens is 3. The summed E-state index contributed by atoms with van der Waals surface area (Å²) in [7, 11) is 1.58. The smallest absolute Gasteiger partial charge is 0.137 e. The molecule has 0 aliphatic carbocycles. The van der Waals surface area contributed by atoms with Gasteiger partial charge in [0.05, 0.1) is 18.2 Å². The van der Waals surface area contributed by atoms with Crippen molar-refractivity contribution in [2.75, 3.05) is 7.11 Å². The molecule has 0 heterocycles. The molecule has 2 N–H and O–H groups in total. The first-order valence-corrected chi connectivity index (χ1v) is 7.11. The van der Waals surface area contributed by atoms with Crippen molar-refractivity contribution < 1.29 is 4.74 Å². The van der Waals surface area contributed by atoms with Crippen molar-refractivity contribution in [1.82, 2.24) is 0 Å². The zero-order valence-corrected chi connectivity index (χ0v) is 13.3. The van der Waals surface area contributed by atoms with Crippen LogP contribution in [0.4, 0.5) is 0 Å². The van der Waals surface area contributed by atoms with Gasteiger partial charge in [-0.05, 0) is 41.5 Å². The number of benzene rings is 2. The summed E-state index contributed by atoms with van der Waals surface area (Å²) in [4.78, 5) is 0. The highest BCUT2D eigenvalue weighted by molar-refractivity contribution is 9.10. The Kier molecular flexibility index (Phi) is 4.74. The molecule has 0 aromatic heterocycles. The van der Waals surface area contributed by atoms with Crippen LogP contribution >= 0.6 is 39.1 Å². The molecular formula is C14H12BrCl2NO. The monoisotopic (exact) mass is 359 g/mol. The summed E-state index contributed by atoms with van der Waals surface area (Å²) in [5.74, 6) is 0.604. The van der Waals surface area contributed by atoms with Crippen LogP contribution in [0.3, 0.4) is 0 Å². The maximum Gasteiger partial charge on any atom is 0.137 e. The third-order valence-corrected chi connectivity index (χ3v) is 4.10. The van der Waals surface area contributed by atoms with Crippen LogP contribution in [0.1, 0.15) is 17.2 Å². The molecule has 1 unspecified atom stereocenters. The lowest BCUT2D eigenvalue weighted by Crippen LogP contribution is -2.12. The van der Waals surface area contributed by atoms with E-state index < -0.39 is 0 Å². The summed E-state index contributed by atoms with van der Waals surface area (Å²) in [6, 6.07) is 10.7. The molecule has 0 radical (unpaired) electrons. The van der Waals surface area contributed by atoms with Gasteiger partial charge in [0, 0.05) is 9.50 Å². The fourth-order valence-corrected chi connectivity index (χ4v) is 2.67. The molecule has 1 atom stereocenters. The molecule has 19 heavy (non-hydrogen) atoms. The number of rotatable bonds is 3. The summed E-state index contributed by atoms with van der Waals surface area (Å²) >= 11 is 15.5. The molecule has 2 nitrogen and oxygen atoms in total. The number of hydrogen-bond donors (Lipinski definition) is 1. The number of methoxy groups -OCH3 is 1. The normalized spacial score (nSPS) is 12.3. The van der Waals surface area contributed by atoms with Gasteiger partial charge in [0.2, 0.25) is 0 Å². The minimum atomic E-state index is -0.306. The summed E-state index contributed by atoms with van der Waals surface area (Å²) in [6.07, 6.45) is 0. The van der Waals surface area contributed by atoms with E-state index in [1.165, 1.54) is 0 Å². The van der Waals surface area contributed by atoms with Crippen LogP contribution in [0.25, 0.3) is 0 Å². The lowest BCUT2D eigenvalue weighted by atomic mass is 9.99. The molecule has 2 aromatic rings. The van der Waals surface area contributed by atoms with Crippen molar-refractivity contribution in [1.29, 1.82) is 0 Å². The first-order chi connectivity index (χ1) is 9.02. The molecule has 0 spiro atoms. The fraction of sp³-hybridized carbons (Fsp3) is 0.143. The molecule has 0 amide bonds. The quantitative estimate of drug-likeness (QED) is 0.852. The van der Waals surface area contributed by atoms with Gasteiger partial charge in [-0.15, -0.1) is 0 Å². The average Bonchev–Trinajstić information content (AvgIpc) is 2.41. The highest BCUT2D eigenvalue weighted by Gasteiger charge is 2.14. The van der Waals surface area contributed by atoms with E-state index in [1.807, 2.05) is 30.3 Å². The van der Waals surface area contributed by atoms with Crippen LogP contribution in [-0.4, -0.2) is 7.11 Å². The highest BCUT2D eigenvalue weighted by atomic mass is 79.9. The van der Waals surface area contributed by atoms with E-state index in [2.05, 4.69) is 15.9 Å². The molecule has 0 aliphatic rings. The lowest BCUT2D eigenvalue weighted by Gasteiger charge is -2.16. The maximum absolute atomic E-state index is 6.27. The Morgan fingerprint density at radius 2 is 1.89 bits per heavy atom. The van der Waals surface area contributed by atoms with Crippen molar-refractivity contribution in [3.63, 3.8) is 0 Å². The Balaban J connectivity index is 2.43. The number of nitrogens with two attached hydrogens (primary N) is 1. The molecule has 5 heteroatoms. The molecule has 0 saturated carbocycles. The van der Waals surface area contributed by atoms with Gasteiger partial charge in [0.1, 0.15) is 5.75 Å². The fourth-order valence-electron chi connectivity index (χ4n) is 1.80. The number of hydrogen-bond acceptors (Lipinski definition) is 2. The van der Waals surface area contributed by atoms with Gasteiger partial charge < -0.3 is 10.5 Å². The third-order valence-electron chi connectivity index (χ3n) is 2.83. The van der Waals surface area contributed by atoms with Crippen LogP contribution in [0.5, 0.6) is 5.75 Å². The third kappa shape index (κ3) is 3.23. The van der Waals surface area contributed by atoms with E-state index in [0.29, 0.717) is 15.8 Å². The predicted octanol–water partition coefficient (Wildman–Crippen LogP) is 4.81. The van der Waals surface area contributed by atoms with Gasteiger partial charge >= 0.3 is 0 Å². The predicted molar refractivity (Wildman–Crippen MR) is 83.2 cm³/mol. The molecule has 0 saturated heterocycles. The average molecular weight is 361 g/mol. The Morgan fingerprint density at radius 3 is 2.58 bits per heavy atom. The Hall–Kier alpha value is -0.740. The van der Waals surface area contributed by atoms with E-state index in [-0.39, 0.29) is 6.04 Å². The van der Waals surface area contributed by atoms with Crippen LogP contribution in [0.15, 0.2) is 40.9 Å². The van der Waals surface area contributed by atoms with E-state index in [0.717, 1.165) is 15.6 Å². The van der Waals surface area contributed by atoms with Crippen molar-refractivity contribution >= 4 is 39.1 Å². The molecule has 0 aliphatic heterocycles. The van der Waals surface area contributed by atoms with E-state index >= 15 is 0 Å². The second-order valence-corrected chi connectivity index (χ2v) is 5.74. The van der Waals surface area contributed by atoms with Crippen LogP contribution in [0, 0.1) is 0 Å². The Bertz CT molecular complexity index is 604. The lowest BCUT2D eigenvalue weighted by molar-refractivity contribution is 0.414. The van der Waals surface area contributed by atoms with Crippen molar-refractivity contribution in [3.8, 4) is 5.75 Å². The zero-order chi connectivity index (χ0) is 14.0. The highest BCUT2D eigenvalue weighted by Crippen LogP contribution is 2.33. The minimum absolute atomic E-state index is 0.306. The van der Waals surface area contributed by atoms with Crippen molar-refractivity contribution in [2.45, 2.75) is 6.04 Å². The van der Waals surface area contributed by atoms with Gasteiger partial charge in [0.25, 0.3) is 0 Å². The largest absolute Gasteiger partial charge is 0.495 e. The molecule has 0 bridgehead atoms. The van der Waals surface area contributed by atoms with E-state index in [9.17, 15) is 0 Å². The van der Waals surface area contributed by atoms with Crippen LogP contribution in [-0.2, 0) is 0 Å². The summed E-state index contributed by atoms with van der Waals surface area (Å²) in [6.45, 7) is 0. The van der Waals surface area contributed by atoms with Gasteiger partial charge in [-0.25, -0.2) is 0 Å². The van der Waals surface area contributed by atoms with E-state index in [4.69, 9.17) is 33.7 Å². The van der Waals surface area contributed by atoms with Gasteiger partial charge in [-0.2, -0.15) is 0 Å². The maximum atomic E-state index is 6.27. The van der Waals surface area contributed by atoms with Crippen LogP contribution < -0.4 is 10.5 Å².